The van der Waals surface area contributed by atoms with Gasteiger partial charge in [0.1, 0.15) is 6.20 Å². The molecule has 0 N–H and O–H groups in total. The van der Waals surface area contributed by atoms with Gasteiger partial charge in [-0.1, -0.05) is 0 Å². The van der Waals surface area contributed by atoms with Crippen LogP contribution in [0, 0.1) is 10.1 Å². The van der Waals surface area contributed by atoms with Crippen molar-refractivity contribution >= 4 is 17.8 Å². The number of carbonyl (C=O) groups is 1. The van der Waals surface area contributed by atoms with Crippen molar-refractivity contribution in [3.8, 4) is 0 Å². The van der Waals surface area contributed by atoms with Gasteiger partial charge < -0.3 is 19.6 Å². The molecular weight excluding hydrogens is 224 g/mol. The first-order chi connectivity index (χ1) is 7.99. The molecule has 1 aromatic heterocycles. The van der Waals surface area contributed by atoms with Gasteiger partial charge in [-0.2, -0.15) is 0 Å². The summed E-state index contributed by atoms with van der Waals surface area (Å²) in [6.07, 6.45) is 3.59. The fourth-order valence-corrected chi connectivity index (χ4v) is 1.72. The van der Waals surface area contributed by atoms with Crippen LogP contribution in [0.25, 0.3) is 6.08 Å². The maximum atomic E-state index is 11.6. The van der Waals surface area contributed by atoms with Crippen LogP contribution in [0.1, 0.15) is 12.2 Å². The van der Waals surface area contributed by atoms with Gasteiger partial charge in [-0.15, -0.1) is 0 Å². The molecule has 2 rings (SSSR count). The van der Waals surface area contributed by atoms with E-state index in [0.717, 1.165) is 0 Å². The van der Waals surface area contributed by atoms with Crippen molar-refractivity contribution in [1.29, 1.82) is 0 Å². The van der Waals surface area contributed by atoms with E-state index in [1.165, 1.54) is 10.8 Å². The first kappa shape index (κ1) is 11.3. The van der Waals surface area contributed by atoms with Gasteiger partial charge in [-0.25, -0.2) is 0 Å². The van der Waals surface area contributed by atoms with Crippen LogP contribution in [-0.2, 0) is 11.8 Å². The summed E-state index contributed by atoms with van der Waals surface area (Å²) < 4.78 is 1.54. The third-order valence-electron chi connectivity index (χ3n) is 2.73. The predicted octanol–water partition coefficient (Wildman–Crippen LogP) is 0.574. The Balaban J connectivity index is 2.33. The standard InChI is InChI=1S/C10H12N4O3/c1-12-4-3-7(10(12)15)5-8-11-9(14(16)17)6-13(8)2/h5-6H,3-4H2,1-2H3/b7-5-. The number of rotatable bonds is 2. The lowest BCUT2D eigenvalue weighted by molar-refractivity contribution is -0.389. The topological polar surface area (TPSA) is 81.3 Å². The van der Waals surface area contributed by atoms with Crippen LogP contribution in [0.15, 0.2) is 11.8 Å². The number of hydrogen-bond acceptors (Lipinski definition) is 4. The van der Waals surface area contributed by atoms with E-state index in [0.29, 0.717) is 24.4 Å². The fourth-order valence-electron chi connectivity index (χ4n) is 1.72. The largest absolute Gasteiger partial charge is 0.382 e. The zero-order valence-corrected chi connectivity index (χ0v) is 9.58. The average molecular weight is 236 g/mol. The molecule has 0 saturated carbocycles. The van der Waals surface area contributed by atoms with E-state index in [-0.39, 0.29) is 11.7 Å². The van der Waals surface area contributed by atoms with Crippen molar-refractivity contribution in [2.75, 3.05) is 13.6 Å². The highest BCUT2D eigenvalue weighted by Crippen LogP contribution is 2.19. The van der Waals surface area contributed by atoms with E-state index in [2.05, 4.69) is 4.98 Å². The molecule has 1 amide bonds. The molecule has 1 saturated heterocycles. The maximum Gasteiger partial charge on any atom is 0.382 e. The molecule has 2 heterocycles. The first-order valence-corrected chi connectivity index (χ1v) is 5.13. The number of nitrogens with zero attached hydrogens (tertiary/aromatic N) is 4. The highest BCUT2D eigenvalue weighted by Gasteiger charge is 2.24. The van der Waals surface area contributed by atoms with Crippen molar-refractivity contribution in [3.05, 3.63) is 27.7 Å². The van der Waals surface area contributed by atoms with Gasteiger partial charge >= 0.3 is 5.82 Å². The molecule has 1 aromatic rings. The molecule has 0 unspecified atom stereocenters. The normalized spacial score (nSPS) is 18.1. The van der Waals surface area contributed by atoms with Crippen LogP contribution in [0.5, 0.6) is 0 Å². The van der Waals surface area contributed by atoms with Crippen LogP contribution in [-0.4, -0.2) is 38.9 Å². The SMILES string of the molecule is CN1CC/C(=C/c2nc([N+](=O)[O-])cn2C)C1=O. The van der Waals surface area contributed by atoms with E-state index in [1.807, 2.05) is 0 Å². The third kappa shape index (κ3) is 2.03. The van der Waals surface area contributed by atoms with E-state index >= 15 is 0 Å². The number of nitro groups is 1. The third-order valence-corrected chi connectivity index (χ3v) is 2.73. The summed E-state index contributed by atoms with van der Waals surface area (Å²) in [5.41, 5.74) is 0.635. The lowest BCUT2D eigenvalue weighted by Crippen LogP contribution is -2.19. The number of imidazole rings is 1. The van der Waals surface area contributed by atoms with Crippen LogP contribution >= 0.6 is 0 Å². The average Bonchev–Trinajstić information content (AvgIpc) is 2.77. The molecule has 7 nitrogen and oxygen atoms in total. The van der Waals surface area contributed by atoms with Crippen molar-refractivity contribution in [3.63, 3.8) is 0 Å². The Morgan fingerprint density at radius 3 is 2.71 bits per heavy atom. The first-order valence-electron chi connectivity index (χ1n) is 5.13. The molecule has 17 heavy (non-hydrogen) atoms. The van der Waals surface area contributed by atoms with E-state index in [1.54, 1.807) is 25.1 Å². The van der Waals surface area contributed by atoms with E-state index < -0.39 is 4.92 Å². The van der Waals surface area contributed by atoms with Crippen LogP contribution in [0.4, 0.5) is 5.82 Å². The highest BCUT2D eigenvalue weighted by molar-refractivity contribution is 5.99. The molecule has 0 aliphatic carbocycles. The zero-order valence-electron chi connectivity index (χ0n) is 9.58. The van der Waals surface area contributed by atoms with Gasteiger partial charge in [0.05, 0.1) is 0 Å². The molecule has 0 radical (unpaired) electrons. The molecule has 0 aromatic carbocycles. The number of aromatic nitrogens is 2. The van der Waals surface area contributed by atoms with Crippen LogP contribution in [0.2, 0.25) is 0 Å². The Morgan fingerprint density at radius 1 is 1.53 bits per heavy atom. The van der Waals surface area contributed by atoms with Crippen LogP contribution in [0.3, 0.4) is 0 Å². The smallest absolute Gasteiger partial charge is 0.358 e. The maximum absolute atomic E-state index is 11.6. The summed E-state index contributed by atoms with van der Waals surface area (Å²) >= 11 is 0. The minimum atomic E-state index is -0.551. The second-order valence-electron chi connectivity index (χ2n) is 3.97. The number of aryl methyl sites for hydroxylation is 1. The summed E-state index contributed by atoms with van der Waals surface area (Å²) in [6, 6.07) is 0. The molecule has 0 spiro atoms. The molecule has 1 aliphatic rings. The number of carbonyl (C=O) groups excluding carboxylic acids is 1. The second kappa shape index (κ2) is 4.00. The van der Waals surface area contributed by atoms with Gasteiger partial charge in [0.15, 0.2) is 0 Å². The molecule has 0 atom stereocenters. The Kier molecular flexibility index (Phi) is 2.66. The molecule has 90 valence electrons. The van der Waals surface area contributed by atoms with Crippen molar-refractivity contribution in [1.82, 2.24) is 14.5 Å². The van der Waals surface area contributed by atoms with Gasteiger partial charge in [-0.3, -0.25) is 4.79 Å². The second-order valence-corrected chi connectivity index (χ2v) is 3.97. The summed E-state index contributed by atoms with van der Waals surface area (Å²) in [5, 5.41) is 10.6. The quantitative estimate of drug-likeness (QED) is 0.427. The Bertz CT molecular complexity index is 518. The summed E-state index contributed by atoms with van der Waals surface area (Å²) in [6.45, 7) is 0.678. The summed E-state index contributed by atoms with van der Waals surface area (Å²) in [5.74, 6) is 0.171. The Hall–Kier alpha value is -2.18. The Labute approximate surface area is 97.5 Å². The fraction of sp³-hybridized carbons (Fsp3) is 0.400. The highest BCUT2D eigenvalue weighted by atomic mass is 16.6. The molecule has 0 bridgehead atoms. The van der Waals surface area contributed by atoms with Crippen LogP contribution < -0.4 is 0 Å². The molecule has 1 aliphatic heterocycles. The number of amides is 1. The molecule has 7 heteroatoms. The minimum absolute atomic E-state index is 0.0457. The summed E-state index contributed by atoms with van der Waals surface area (Å²) in [7, 11) is 3.39. The monoisotopic (exact) mass is 236 g/mol. The summed E-state index contributed by atoms with van der Waals surface area (Å²) in [4.78, 5) is 27.1. The lowest BCUT2D eigenvalue weighted by atomic mass is 10.2. The van der Waals surface area contributed by atoms with Gasteiger partial charge in [-0.05, 0) is 16.3 Å². The predicted molar refractivity (Wildman–Crippen MR) is 60.1 cm³/mol. The van der Waals surface area contributed by atoms with Gasteiger partial charge in [0.25, 0.3) is 0 Å². The Morgan fingerprint density at radius 2 is 2.24 bits per heavy atom. The number of hydrogen-bond donors (Lipinski definition) is 0. The minimum Gasteiger partial charge on any atom is -0.358 e. The number of likely N-dealkylation sites (tertiary alicyclic amines) is 1. The number of likely N-dealkylation sites (N-methyl/N-ethyl adjacent to an activating group) is 1. The molecular formula is C10H12N4O3. The zero-order chi connectivity index (χ0) is 12.6. The van der Waals surface area contributed by atoms with E-state index in [4.69, 9.17) is 0 Å². The van der Waals surface area contributed by atoms with E-state index in [9.17, 15) is 14.9 Å². The van der Waals surface area contributed by atoms with Gasteiger partial charge in [0.2, 0.25) is 11.7 Å². The lowest BCUT2D eigenvalue weighted by Gasteiger charge is -2.03. The van der Waals surface area contributed by atoms with Gasteiger partial charge in [0, 0.05) is 32.3 Å². The molecule has 1 fully saturated rings. The van der Waals surface area contributed by atoms with Crippen molar-refractivity contribution in [2.24, 2.45) is 7.05 Å². The van der Waals surface area contributed by atoms with Crippen molar-refractivity contribution < 1.29 is 9.72 Å². The van der Waals surface area contributed by atoms with Crippen molar-refractivity contribution in [2.45, 2.75) is 6.42 Å².